The van der Waals surface area contributed by atoms with Gasteiger partial charge in [-0.1, -0.05) is 30.3 Å². The molecule has 0 aromatic heterocycles. The Balaban J connectivity index is 2.08. The first-order valence-electron chi connectivity index (χ1n) is 7.07. The molecular weight excluding hydrogens is 246 g/mol. The highest BCUT2D eigenvalue weighted by Crippen LogP contribution is 2.32. The van der Waals surface area contributed by atoms with Gasteiger partial charge in [-0.15, -0.1) is 0 Å². The molecule has 0 spiro atoms. The number of fused-ring (bicyclic) bond motifs is 1. The number of hydrogen-bond donors (Lipinski definition) is 2. The van der Waals surface area contributed by atoms with E-state index in [0.29, 0.717) is 0 Å². The lowest BCUT2D eigenvalue weighted by atomic mass is 9.99. The lowest BCUT2D eigenvalue weighted by Crippen LogP contribution is -2.30. The predicted molar refractivity (Wildman–Crippen MR) is 86.3 cm³/mol. The summed E-state index contributed by atoms with van der Waals surface area (Å²) in [7, 11) is 0. The number of benzene rings is 2. The minimum Gasteiger partial charge on any atom is -0.385 e. The highest BCUT2D eigenvalue weighted by atomic mass is 15.0. The summed E-state index contributed by atoms with van der Waals surface area (Å²) in [6.07, 6.45) is 0. The minimum atomic E-state index is 0.199. The molecule has 3 heteroatoms. The van der Waals surface area contributed by atoms with Gasteiger partial charge in [0.15, 0.2) is 0 Å². The molecule has 1 heterocycles. The molecule has 1 aliphatic rings. The number of nitrogens with zero attached hydrogens (tertiary/aromatic N) is 1. The van der Waals surface area contributed by atoms with E-state index >= 15 is 0 Å². The number of aliphatic imine (C=N–C) groups is 1. The molecular formula is C17H19N3. The third kappa shape index (κ3) is 2.27. The average molecular weight is 265 g/mol. The first kappa shape index (κ1) is 12.7. The number of rotatable bonds is 3. The highest BCUT2D eigenvalue weighted by Gasteiger charge is 2.21. The van der Waals surface area contributed by atoms with Crippen LogP contribution in [0.5, 0.6) is 0 Å². The summed E-state index contributed by atoms with van der Waals surface area (Å²) in [5.74, 6) is 0. The lowest BCUT2D eigenvalue weighted by molar-refractivity contribution is 1.03. The Morgan fingerprint density at radius 2 is 1.85 bits per heavy atom. The largest absolute Gasteiger partial charge is 0.385 e. The normalized spacial score (nSPS) is 16.9. The van der Waals surface area contributed by atoms with Crippen molar-refractivity contribution in [1.29, 1.82) is 0 Å². The van der Waals surface area contributed by atoms with E-state index in [-0.39, 0.29) is 6.04 Å². The minimum absolute atomic E-state index is 0.199. The molecule has 0 amide bonds. The van der Waals surface area contributed by atoms with Crippen molar-refractivity contribution in [3.63, 3.8) is 0 Å². The number of para-hydroxylation sites is 3. The summed E-state index contributed by atoms with van der Waals surface area (Å²) >= 11 is 0. The van der Waals surface area contributed by atoms with Crippen molar-refractivity contribution < 1.29 is 0 Å². The fourth-order valence-corrected chi connectivity index (χ4v) is 2.57. The van der Waals surface area contributed by atoms with Crippen molar-refractivity contribution in [3.05, 3.63) is 54.1 Å². The maximum Gasteiger partial charge on any atom is 0.0865 e. The molecule has 2 aromatic rings. The summed E-state index contributed by atoms with van der Waals surface area (Å²) in [5, 5.41) is 6.93. The van der Waals surface area contributed by atoms with Crippen LogP contribution >= 0.6 is 0 Å². The van der Waals surface area contributed by atoms with Crippen molar-refractivity contribution in [2.45, 2.75) is 19.9 Å². The van der Waals surface area contributed by atoms with Crippen LogP contribution in [-0.4, -0.2) is 18.3 Å². The third-order valence-electron chi connectivity index (χ3n) is 3.50. The third-order valence-corrected chi connectivity index (χ3v) is 3.50. The molecule has 102 valence electrons. The number of anilines is 2. The topological polar surface area (TPSA) is 36.4 Å². The molecule has 0 bridgehead atoms. The second-order valence-electron chi connectivity index (χ2n) is 4.96. The van der Waals surface area contributed by atoms with Gasteiger partial charge in [0.05, 0.1) is 23.1 Å². The summed E-state index contributed by atoms with van der Waals surface area (Å²) in [6.45, 7) is 5.16. The van der Waals surface area contributed by atoms with Crippen LogP contribution in [0, 0.1) is 0 Å². The van der Waals surface area contributed by atoms with Gasteiger partial charge in [-0.2, -0.15) is 0 Å². The zero-order valence-electron chi connectivity index (χ0n) is 11.9. The SMILES string of the molecule is CCNc1ccccc1C1=Nc2ccccc2NC1C. The number of hydrogen-bond acceptors (Lipinski definition) is 3. The van der Waals surface area contributed by atoms with Crippen LogP contribution in [0.3, 0.4) is 0 Å². The Bertz CT molecular complexity index is 646. The fraction of sp³-hybridized carbons (Fsp3) is 0.235. The van der Waals surface area contributed by atoms with Crippen LogP contribution in [0.4, 0.5) is 17.1 Å². The Morgan fingerprint density at radius 3 is 2.70 bits per heavy atom. The molecule has 1 aliphatic heterocycles. The van der Waals surface area contributed by atoms with Crippen LogP contribution in [0.2, 0.25) is 0 Å². The Kier molecular flexibility index (Phi) is 3.42. The monoisotopic (exact) mass is 265 g/mol. The summed E-state index contributed by atoms with van der Waals surface area (Å²) in [6, 6.07) is 16.7. The van der Waals surface area contributed by atoms with Crippen LogP contribution in [-0.2, 0) is 0 Å². The van der Waals surface area contributed by atoms with Gasteiger partial charge in [-0.25, -0.2) is 4.99 Å². The maximum absolute atomic E-state index is 4.85. The van der Waals surface area contributed by atoms with Crippen molar-refractivity contribution in [1.82, 2.24) is 0 Å². The molecule has 0 fully saturated rings. The molecule has 0 radical (unpaired) electrons. The first-order chi connectivity index (χ1) is 9.79. The molecule has 1 atom stereocenters. The summed E-state index contributed by atoms with van der Waals surface area (Å²) in [5.41, 5.74) is 5.50. The van der Waals surface area contributed by atoms with Crippen molar-refractivity contribution in [3.8, 4) is 0 Å². The molecule has 0 saturated heterocycles. The highest BCUT2D eigenvalue weighted by molar-refractivity contribution is 6.12. The zero-order chi connectivity index (χ0) is 13.9. The predicted octanol–water partition coefficient (Wildman–Crippen LogP) is 4.05. The van der Waals surface area contributed by atoms with Gasteiger partial charge in [0.1, 0.15) is 0 Å². The van der Waals surface area contributed by atoms with E-state index in [2.05, 4.69) is 54.8 Å². The standard InChI is InChI=1S/C17H19N3/c1-3-18-14-9-5-4-8-13(14)17-12(2)19-15-10-6-7-11-16(15)20-17/h4-12,18-19H,3H2,1-2H3. The van der Waals surface area contributed by atoms with Gasteiger partial charge in [-0.05, 0) is 32.0 Å². The second kappa shape index (κ2) is 5.37. The van der Waals surface area contributed by atoms with E-state index in [4.69, 9.17) is 4.99 Å². The smallest absolute Gasteiger partial charge is 0.0865 e. The molecule has 2 N–H and O–H groups in total. The molecule has 1 unspecified atom stereocenters. The fourth-order valence-electron chi connectivity index (χ4n) is 2.57. The molecule has 2 aromatic carbocycles. The van der Waals surface area contributed by atoms with Gasteiger partial charge in [0, 0.05) is 17.8 Å². The first-order valence-corrected chi connectivity index (χ1v) is 7.07. The zero-order valence-corrected chi connectivity index (χ0v) is 11.9. The Hall–Kier alpha value is -2.29. The van der Waals surface area contributed by atoms with Crippen LogP contribution in [0.15, 0.2) is 53.5 Å². The van der Waals surface area contributed by atoms with E-state index in [1.807, 2.05) is 18.2 Å². The van der Waals surface area contributed by atoms with Gasteiger partial charge in [0.25, 0.3) is 0 Å². The molecule has 0 saturated carbocycles. The van der Waals surface area contributed by atoms with Crippen molar-refractivity contribution >= 4 is 22.8 Å². The van der Waals surface area contributed by atoms with Gasteiger partial charge < -0.3 is 10.6 Å². The molecule has 20 heavy (non-hydrogen) atoms. The van der Waals surface area contributed by atoms with E-state index in [9.17, 15) is 0 Å². The van der Waals surface area contributed by atoms with E-state index in [1.165, 1.54) is 5.56 Å². The van der Waals surface area contributed by atoms with E-state index < -0.39 is 0 Å². The quantitative estimate of drug-likeness (QED) is 0.878. The van der Waals surface area contributed by atoms with Crippen molar-refractivity contribution in [2.75, 3.05) is 17.2 Å². The van der Waals surface area contributed by atoms with Crippen LogP contribution in [0.25, 0.3) is 0 Å². The van der Waals surface area contributed by atoms with E-state index in [0.717, 1.165) is 29.3 Å². The van der Waals surface area contributed by atoms with Crippen LogP contribution in [0.1, 0.15) is 19.4 Å². The van der Waals surface area contributed by atoms with Gasteiger partial charge in [0.2, 0.25) is 0 Å². The van der Waals surface area contributed by atoms with E-state index in [1.54, 1.807) is 0 Å². The number of nitrogens with one attached hydrogen (secondary N) is 2. The second-order valence-corrected chi connectivity index (χ2v) is 4.96. The Labute approximate surface area is 119 Å². The molecule has 3 rings (SSSR count). The molecule has 0 aliphatic carbocycles. The lowest BCUT2D eigenvalue weighted by Gasteiger charge is -2.25. The van der Waals surface area contributed by atoms with Gasteiger partial charge in [-0.3, -0.25) is 0 Å². The summed E-state index contributed by atoms with van der Waals surface area (Å²) < 4.78 is 0. The van der Waals surface area contributed by atoms with Crippen LogP contribution < -0.4 is 10.6 Å². The summed E-state index contributed by atoms with van der Waals surface area (Å²) in [4.78, 5) is 4.85. The Morgan fingerprint density at radius 1 is 1.10 bits per heavy atom. The van der Waals surface area contributed by atoms with Gasteiger partial charge >= 0.3 is 0 Å². The van der Waals surface area contributed by atoms with Crippen molar-refractivity contribution in [2.24, 2.45) is 4.99 Å². The maximum atomic E-state index is 4.85. The molecule has 3 nitrogen and oxygen atoms in total. The average Bonchev–Trinajstić information content (AvgIpc) is 2.48.